The van der Waals surface area contributed by atoms with E-state index in [2.05, 4.69) is 20.4 Å². The molecule has 0 aliphatic carbocycles. The van der Waals surface area contributed by atoms with Gasteiger partial charge < -0.3 is 5.11 Å². The fourth-order valence-electron chi connectivity index (χ4n) is 3.59. The fraction of sp³-hybridized carbons (Fsp3) is 0.550. The molecule has 0 aromatic carbocycles. The molecule has 192 valence electrons. The Balaban J connectivity index is 3.02. The maximum Gasteiger partial charge on any atom is 0.420 e. The van der Waals surface area contributed by atoms with Crippen LogP contribution in [-0.4, -0.2) is 40.3 Å². The molecule has 2 aromatic rings. The zero-order chi connectivity index (χ0) is 26.7. The highest BCUT2D eigenvalue weighted by Crippen LogP contribution is 2.45. The van der Waals surface area contributed by atoms with Crippen LogP contribution in [0.3, 0.4) is 0 Å². The van der Waals surface area contributed by atoms with Crippen molar-refractivity contribution in [3.8, 4) is 11.9 Å². The second kappa shape index (κ2) is 10.8. The first kappa shape index (κ1) is 28.4. The van der Waals surface area contributed by atoms with Gasteiger partial charge in [-0.15, -0.1) is 22.0 Å². The van der Waals surface area contributed by atoms with E-state index in [0.29, 0.717) is 4.57 Å². The summed E-state index contributed by atoms with van der Waals surface area (Å²) < 4.78 is 69.0. The van der Waals surface area contributed by atoms with Gasteiger partial charge in [-0.2, -0.15) is 23.5 Å². The van der Waals surface area contributed by atoms with Gasteiger partial charge in [0.15, 0.2) is 15.5 Å². The van der Waals surface area contributed by atoms with Crippen molar-refractivity contribution in [3.63, 3.8) is 0 Å². The summed E-state index contributed by atoms with van der Waals surface area (Å²) >= 11 is 1.10. The number of sulfone groups is 1. The number of alkyl halides is 3. The van der Waals surface area contributed by atoms with Crippen LogP contribution in [0.5, 0.6) is 5.88 Å². The van der Waals surface area contributed by atoms with Gasteiger partial charge in [-0.25, -0.2) is 8.42 Å². The lowest BCUT2D eigenvalue weighted by Crippen LogP contribution is -2.33. The summed E-state index contributed by atoms with van der Waals surface area (Å²) in [6.07, 6.45) is -3.55. The molecule has 2 aromatic heterocycles. The Hall–Kier alpha value is -2.86. The summed E-state index contributed by atoms with van der Waals surface area (Å²) in [5.74, 6) is -2.31. The largest absolute Gasteiger partial charge is 0.493 e. The first-order valence-corrected chi connectivity index (χ1v) is 13.3. The van der Waals surface area contributed by atoms with E-state index in [0.717, 1.165) is 11.8 Å². The van der Waals surface area contributed by atoms with Gasteiger partial charge in [0, 0.05) is 6.04 Å². The predicted molar refractivity (Wildman–Crippen MR) is 123 cm³/mol. The summed E-state index contributed by atoms with van der Waals surface area (Å²) in [4.78, 5) is 11.7. The molecule has 35 heavy (non-hydrogen) atoms. The zero-order valence-corrected chi connectivity index (χ0v) is 21.3. The third-order valence-corrected chi connectivity index (χ3v) is 7.56. The number of thioether (sulfide) groups is 1. The van der Waals surface area contributed by atoms with Crippen molar-refractivity contribution in [3.05, 3.63) is 21.5 Å². The van der Waals surface area contributed by atoms with Crippen LogP contribution in [0, 0.1) is 17.2 Å². The van der Waals surface area contributed by atoms with E-state index in [1.54, 1.807) is 26.2 Å². The van der Waals surface area contributed by atoms with Gasteiger partial charge in [0.05, 0.1) is 5.75 Å². The van der Waals surface area contributed by atoms with Gasteiger partial charge in [0.1, 0.15) is 27.1 Å². The molecule has 0 fully saturated rings. The van der Waals surface area contributed by atoms with Crippen LogP contribution in [0.2, 0.25) is 0 Å². The van der Waals surface area contributed by atoms with Crippen LogP contribution in [0.1, 0.15) is 57.7 Å². The summed E-state index contributed by atoms with van der Waals surface area (Å²) in [6.45, 7) is 6.50. The summed E-state index contributed by atoms with van der Waals surface area (Å²) in [6, 6.07) is 0.936. The molecule has 0 aliphatic rings. The Bertz CT molecular complexity index is 1320. The smallest absolute Gasteiger partial charge is 0.420 e. The molecule has 0 bridgehead atoms. The van der Waals surface area contributed by atoms with Crippen LogP contribution in [0.15, 0.2) is 24.9 Å². The second-order valence-electron chi connectivity index (χ2n) is 8.11. The first-order valence-electron chi connectivity index (χ1n) is 10.5. The first-order chi connectivity index (χ1) is 16.2. The van der Waals surface area contributed by atoms with E-state index in [1.165, 1.54) is 13.8 Å². The minimum Gasteiger partial charge on any atom is -0.493 e. The molecule has 0 saturated heterocycles. The van der Waals surface area contributed by atoms with Crippen molar-refractivity contribution in [2.75, 3.05) is 12.0 Å². The number of aromatic hydroxyl groups is 1. The SMILES string of the molecule is CCCS(=O)(=O)c1c(C(F)(F)F)c(N=Nc2n[nH]c(SC)c2C#N)c(O)n(C(C)CC(C)C)c1=O. The molecule has 0 spiro atoms. The summed E-state index contributed by atoms with van der Waals surface area (Å²) in [5, 5.41) is 33.7. The van der Waals surface area contributed by atoms with Crippen LogP contribution in [0.4, 0.5) is 24.7 Å². The van der Waals surface area contributed by atoms with Crippen molar-refractivity contribution in [2.24, 2.45) is 16.1 Å². The molecule has 0 saturated carbocycles. The standard InChI is InChI=1S/C20H25F3N6O4S2/c1-6-7-35(32,33)15-13(20(21,22)23)14(18(30)29(19(15)31)11(4)8-10(2)3)25-26-16-12(9-24)17(34-5)28-27-16/h10-11,30H,6-8H2,1-5H3,(H,27,28). The Morgan fingerprint density at radius 2 is 1.91 bits per heavy atom. The number of hydrogen-bond acceptors (Lipinski definition) is 9. The predicted octanol–water partition coefficient (Wildman–Crippen LogP) is 5.10. The molecule has 1 atom stereocenters. The Morgan fingerprint density at radius 1 is 1.29 bits per heavy atom. The molecular weight excluding hydrogens is 509 g/mol. The molecule has 15 heteroatoms. The molecule has 0 radical (unpaired) electrons. The van der Waals surface area contributed by atoms with Crippen LogP contribution >= 0.6 is 11.8 Å². The number of nitrogens with one attached hydrogen (secondary N) is 1. The molecule has 2 rings (SSSR count). The third kappa shape index (κ3) is 5.87. The minimum atomic E-state index is -5.38. The van der Waals surface area contributed by atoms with E-state index in [1.807, 2.05) is 0 Å². The lowest BCUT2D eigenvalue weighted by Gasteiger charge is -2.23. The van der Waals surface area contributed by atoms with E-state index in [4.69, 9.17) is 0 Å². The average Bonchev–Trinajstić information content (AvgIpc) is 3.13. The highest BCUT2D eigenvalue weighted by atomic mass is 32.2. The van der Waals surface area contributed by atoms with E-state index in [-0.39, 0.29) is 35.2 Å². The zero-order valence-electron chi connectivity index (χ0n) is 19.6. The molecule has 10 nitrogen and oxygen atoms in total. The average molecular weight is 535 g/mol. The van der Waals surface area contributed by atoms with E-state index in [9.17, 15) is 36.8 Å². The molecule has 0 amide bonds. The fourth-order valence-corrected chi connectivity index (χ4v) is 5.70. The van der Waals surface area contributed by atoms with Crippen LogP contribution < -0.4 is 5.56 Å². The normalized spacial score (nSPS) is 13.5. The number of pyridine rings is 1. The number of H-pyrrole nitrogens is 1. The van der Waals surface area contributed by atoms with Gasteiger partial charge in [-0.05, 0) is 31.9 Å². The van der Waals surface area contributed by atoms with Crippen LogP contribution in [0.25, 0.3) is 0 Å². The lowest BCUT2D eigenvalue weighted by molar-refractivity contribution is -0.139. The monoisotopic (exact) mass is 534 g/mol. The van der Waals surface area contributed by atoms with Crippen molar-refractivity contribution in [2.45, 2.75) is 62.7 Å². The maximum atomic E-state index is 14.2. The van der Waals surface area contributed by atoms with Crippen LogP contribution in [-0.2, 0) is 16.0 Å². The van der Waals surface area contributed by atoms with Crippen molar-refractivity contribution < 1.29 is 26.7 Å². The molecule has 0 aliphatic heterocycles. The number of nitrogens with zero attached hydrogens (tertiary/aromatic N) is 5. The van der Waals surface area contributed by atoms with Crippen molar-refractivity contribution in [1.29, 1.82) is 5.26 Å². The van der Waals surface area contributed by atoms with Gasteiger partial charge in [-0.3, -0.25) is 14.5 Å². The number of aromatic nitrogens is 3. The maximum absolute atomic E-state index is 14.2. The van der Waals surface area contributed by atoms with Gasteiger partial charge >= 0.3 is 6.18 Å². The Labute approximate surface area is 204 Å². The number of hydrogen-bond donors (Lipinski definition) is 2. The number of halogens is 3. The highest BCUT2D eigenvalue weighted by Gasteiger charge is 2.45. The quantitative estimate of drug-likeness (QED) is 0.335. The van der Waals surface area contributed by atoms with Crippen molar-refractivity contribution >= 4 is 33.1 Å². The van der Waals surface area contributed by atoms with Gasteiger partial charge in [0.25, 0.3) is 5.56 Å². The number of aromatic amines is 1. The molecule has 2 N–H and O–H groups in total. The molecule has 2 heterocycles. The summed E-state index contributed by atoms with van der Waals surface area (Å²) in [5.41, 5.74) is -4.75. The third-order valence-electron chi connectivity index (χ3n) is 4.91. The molecular formula is C20H25F3N6O4S2. The topological polar surface area (TPSA) is 154 Å². The summed E-state index contributed by atoms with van der Waals surface area (Å²) in [7, 11) is -4.72. The van der Waals surface area contributed by atoms with Crippen molar-refractivity contribution in [1.82, 2.24) is 14.8 Å². The minimum absolute atomic E-state index is 0.0356. The highest BCUT2D eigenvalue weighted by molar-refractivity contribution is 7.98. The second-order valence-corrected chi connectivity index (χ2v) is 11.0. The van der Waals surface area contributed by atoms with E-state index >= 15 is 0 Å². The van der Waals surface area contributed by atoms with Gasteiger partial charge in [0.2, 0.25) is 11.7 Å². The molecule has 1 unspecified atom stereocenters. The van der Waals surface area contributed by atoms with Gasteiger partial charge in [-0.1, -0.05) is 20.8 Å². The Kier molecular flexibility index (Phi) is 8.77. The lowest BCUT2D eigenvalue weighted by atomic mass is 10.0. The Morgan fingerprint density at radius 3 is 2.40 bits per heavy atom. The number of nitriles is 1. The van der Waals surface area contributed by atoms with E-state index < -0.39 is 55.4 Å². The number of rotatable bonds is 9. The number of azo groups is 1.